The van der Waals surface area contributed by atoms with Gasteiger partial charge < -0.3 is 30.2 Å². The van der Waals surface area contributed by atoms with E-state index in [1.807, 2.05) is 24.3 Å². The Balaban J connectivity index is 1.68. The van der Waals surface area contributed by atoms with Gasteiger partial charge >= 0.3 is 12.1 Å². The summed E-state index contributed by atoms with van der Waals surface area (Å²) in [4.78, 5) is 43.8. The molecule has 0 aliphatic carbocycles. The molecule has 3 rings (SSSR count). The molecule has 0 saturated carbocycles. The lowest BCUT2D eigenvalue weighted by atomic mass is 10.1. The third-order valence-electron chi connectivity index (χ3n) is 4.68. The van der Waals surface area contributed by atoms with E-state index in [4.69, 9.17) is 9.47 Å². The smallest absolute Gasteiger partial charge is 0.408 e. The predicted molar refractivity (Wildman–Crippen MR) is 137 cm³/mol. The maximum Gasteiger partial charge on any atom is 0.408 e. The molecule has 0 unspecified atom stereocenters. The normalized spacial score (nSPS) is 13.1. The van der Waals surface area contributed by atoms with Gasteiger partial charge in [0.15, 0.2) is 0 Å². The number of aromatic nitrogens is 2. The van der Waals surface area contributed by atoms with Crippen LogP contribution in [0, 0.1) is 0 Å². The van der Waals surface area contributed by atoms with E-state index in [9.17, 15) is 19.5 Å². The van der Waals surface area contributed by atoms with Crippen LogP contribution in [0.3, 0.4) is 0 Å². The number of hydrogen-bond donors (Lipinski definition) is 4. The number of methoxy groups -OCH3 is 1. The van der Waals surface area contributed by atoms with Crippen molar-refractivity contribution < 1.29 is 29.0 Å². The molecule has 4 N–H and O–H groups in total. The Bertz CT molecular complexity index is 1300. The number of carboxylic acids is 1. The number of nitrogens with one attached hydrogen (secondary N) is 3. The highest BCUT2D eigenvalue weighted by Gasteiger charge is 2.22. The molecule has 11 heteroatoms. The van der Waals surface area contributed by atoms with Gasteiger partial charge in [-0.05, 0) is 39.0 Å². The van der Waals surface area contributed by atoms with Gasteiger partial charge in [-0.25, -0.2) is 14.6 Å². The van der Waals surface area contributed by atoms with E-state index in [0.29, 0.717) is 16.3 Å². The van der Waals surface area contributed by atoms with Gasteiger partial charge in [0.05, 0.1) is 12.3 Å². The lowest BCUT2D eigenvalue weighted by Gasteiger charge is -2.22. The van der Waals surface area contributed by atoms with Crippen molar-refractivity contribution in [3.05, 3.63) is 63.9 Å². The first-order chi connectivity index (χ1) is 17.1. The van der Waals surface area contributed by atoms with Gasteiger partial charge in [0.2, 0.25) is 5.91 Å². The monoisotopic (exact) mass is 512 g/mol. The second kappa shape index (κ2) is 11.6. The zero-order valence-corrected chi connectivity index (χ0v) is 21.1. The Morgan fingerprint density at radius 3 is 2.69 bits per heavy atom. The van der Waals surface area contributed by atoms with E-state index >= 15 is 0 Å². The van der Waals surface area contributed by atoms with Crippen LogP contribution in [0.5, 0.6) is 0 Å². The SMILES string of the molecule is COC[C@H](NC(=O)OC(C)(C)C)c1nc(/C=C/C(=O)N/C(=C\c2c[nH]c3ccccc23)C(=O)O)cs1. The van der Waals surface area contributed by atoms with Crippen LogP contribution in [0.1, 0.15) is 43.1 Å². The molecule has 2 amide bonds. The minimum absolute atomic E-state index is 0.178. The number of aliphatic carboxylic acids is 1. The zero-order chi connectivity index (χ0) is 26.3. The van der Waals surface area contributed by atoms with Crippen LogP contribution in [0.4, 0.5) is 4.79 Å². The second-order valence-corrected chi connectivity index (χ2v) is 9.63. The maximum absolute atomic E-state index is 12.4. The number of carboxylic acid groups (broad SMARTS) is 1. The first-order valence-corrected chi connectivity index (χ1v) is 11.9. The van der Waals surface area contributed by atoms with E-state index in [1.165, 1.54) is 36.7 Å². The van der Waals surface area contributed by atoms with Crippen molar-refractivity contribution in [1.82, 2.24) is 20.6 Å². The Hall–Kier alpha value is -3.96. The fraction of sp³-hybridized carbons (Fsp3) is 0.280. The van der Waals surface area contributed by atoms with E-state index < -0.39 is 29.6 Å². The minimum atomic E-state index is -1.27. The summed E-state index contributed by atoms with van der Waals surface area (Å²) in [5.41, 5.74) is 1.04. The highest BCUT2D eigenvalue weighted by Crippen LogP contribution is 2.21. The van der Waals surface area contributed by atoms with Crippen molar-refractivity contribution in [3.8, 4) is 0 Å². The van der Waals surface area contributed by atoms with Crippen LogP contribution in [0.15, 0.2) is 47.6 Å². The van der Waals surface area contributed by atoms with Crippen molar-refractivity contribution in [3.63, 3.8) is 0 Å². The average molecular weight is 513 g/mol. The average Bonchev–Trinajstić information content (AvgIpc) is 3.43. The number of fused-ring (bicyclic) bond motifs is 1. The number of aromatic amines is 1. The molecule has 10 nitrogen and oxygen atoms in total. The van der Waals surface area contributed by atoms with Gasteiger partial charge in [-0.15, -0.1) is 11.3 Å². The number of alkyl carbamates (subject to hydrolysis) is 1. The quantitative estimate of drug-likeness (QED) is 0.316. The lowest BCUT2D eigenvalue weighted by Crippen LogP contribution is -2.36. The molecule has 2 aromatic heterocycles. The first-order valence-electron chi connectivity index (χ1n) is 11.0. The van der Waals surface area contributed by atoms with Crippen molar-refractivity contribution in [2.24, 2.45) is 0 Å². The fourth-order valence-electron chi connectivity index (χ4n) is 3.18. The number of carbonyl (C=O) groups excluding carboxylic acids is 2. The number of rotatable bonds is 9. The number of benzene rings is 1. The zero-order valence-electron chi connectivity index (χ0n) is 20.3. The topological polar surface area (TPSA) is 143 Å². The van der Waals surface area contributed by atoms with Crippen LogP contribution < -0.4 is 10.6 Å². The van der Waals surface area contributed by atoms with Gasteiger partial charge in [0.1, 0.15) is 22.3 Å². The van der Waals surface area contributed by atoms with Crippen molar-refractivity contribution >= 4 is 52.4 Å². The second-order valence-electron chi connectivity index (χ2n) is 8.74. The lowest BCUT2D eigenvalue weighted by molar-refractivity contribution is -0.134. The third-order valence-corrected chi connectivity index (χ3v) is 5.65. The fourth-order valence-corrected chi connectivity index (χ4v) is 4.01. The number of H-pyrrole nitrogens is 1. The molecule has 0 bridgehead atoms. The first kappa shape index (κ1) is 26.6. The molecule has 36 heavy (non-hydrogen) atoms. The molecule has 0 fully saturated rings. The Labute approximate surface area is 212 Å². The predicted octanol–water partition coefficient (Wildman–Crippen LogP) is 4.09. The standard InChI is InChI=1S/C25H28N4O6S/c1-25(2,3)35-24(33)29-20(13-34-4)22-27-16(14-36-22)9-10-21(30)28-19(23(31)32)11-15-12-26-18-8-6-5-7-17(15)18/h5-12,14,20,26H,13H2,1-4H3,(H,28,30)(H,29,33)(H,31,32)/b10-9+,19-11-/t20-/m0/s1. The van der Waals surface area contributed by atoms with Gasteiger partial charge in [-0.1, -0.05) is 18.2 Å². The summed E-state index contributed by atoms with van der Waals surface area (Å²) in [5.74, 6) is -1.90. The molecule has 1 atom stereocenters. The summed E-state index contributed by atoms with van der Waals surface area (Å²) < 4.78 is 10.5. The number of amides is 2. The molecule has 0 aliphatic rings. The molecular weight excluding hydrogens is 484 g/mol. The highest BCUT2D eigenvalue weighted by atomic mass is 32.1. The molecule has 0 aliphatic heterocycles. The van der Waals surface area contributed by atoms with E-state index in [0.717, 1.165) is 10.9 Å². The van der Waals surface area contributed by atoms with Crippen LogP contribution in [0.25, 0.3) is 23.1 Å². The van der Waals surface area contributed by atoms with Gasteiger partial charge in [-0.2, -0.15) is 0 Å². The van der Waals surface area contributed by atoms with Crippen LogP contribution in [0.2, 0.25) is 0 Å². The molecular formula is C25H28N4O6S. The van der Waals surface area contributed by atoms with E-state index in [1.54, 1.807) is 32.3 Å². The summed E-state index contributed by atoms with van der Waals surface area (Å²) in [7, 11) is 1.51. The minimum Gasteiger partial charge on any atom is -0.477 e. The van der Waals surface area contributed by atoms with Gasteiger partial charge in [0.25, 0.3) is 0 Å². The van der Waals surface area contributed by atoms with Crippen molar-refractivity contribution in [1.29, 1.82) is 0 Å². The van der Waals surface area contributed by atoms with E-state index in [2.05, 4.69) is 20.6 Å². The number of ether oxygens (including phenoxy) is 2. The summed E-state index contributed by atoms with van der Waals surface area (Å²) in [6.45, 7) is 5.47. The maximum atomic E-state index is 12.4. The number of thiazole rings is 1. The van der Waals surface area contributed by atoms with Crippen molar-refractivity contribution in [2.45, 2.75) is 32.4 Å². The van der Waals surface area contributed by atoms with Crippen LogP contribution in [-0.4, -0.2) is 52.4 Å². The Morgan fingerprint density at radius 1 is 1.25 bits per heavy atom. The number of nitrogens with zero attached hydrogens (tertiary/aromatic N) is 1. The molecule has 0 spiro atoms. The molecule has 2 heterocycles. The number of para-hydroxylation sites is 1. The highest BCUT2D eigenvalue weighted by molar-refractivity contribution is 7.09. The molecule has 190 valence electrons. The Kier molecular flexibility index (Phi) is 8.62. The van der Waals surface area contributed by atoms with Gasteiger partial charge in [0, 0.05) is 41.2 Å². The molecule has 1 aromatic carbocycles. The summed E-state index contributed by atoms with van der Waals surface area (Å²) in [6, 6.07) is 6.90. The molecule has 3 aromatic rings. The third kappa shape index (κ3) is 7.52. The summed E-state index contributed by atoms with van der Waals surface area (Å²) in [5, 5.41) is 17.8. The summed E-state index contributed by atoms with van der Waals surface area (Å²) >= 11 is 1.28. The van der Waals surface area contributed by atoms with Crippen molar-refractivity contribution in [2.75, 3.05) is 13.7 Å². The number of carbonyl (C=O) groups is 3. The molecule has 0 radical (unpaired) electrons. The largest absolute Gasteiger partial charge is 0.477 e. The van der Waals surface area contributed by atoms with Crippen LogP contribution in [-0.2, 0) is 19.1 Å². The molecule has 0 saturated heterocycles. The number of hydrogen-bond acceptors (Lipinski definition) is 7. The summed E-state index contributed by atoms with van der Waals surface area (Å²) in [6.07, 6.45) is 5.12. The van der Waals surface area contributed by atoms with E-state index in [-0.39, 0.29) is 12.3 Å². The van der Waals surface area contributed by atoms with Crippen LogP contribution >= 0.6 is 11.3 Å². The Morgan fingerprint density at radius 2 is 2.00 bits per heavy atom. The van der Waals surface area contributed by atoms with Gasteiger partial charge in [-0.3, -0.25) is 4.79 Å².